The Bertz CT molecular complexity index is 1110. The minimum atomic E-state index is -0.845. The normalized spacial score (nSPS) is 10.7. The molecule has 3 aromatic carbocycles. The standard InChI is InChI=1S/C29H34N2O6/c1-19(2)16-17-37-26-18-22(10-15-25(26)36-5)27(30-28(32)20-6-11-23(34-3)12-7-20)31-29(33)21-8-13-24(35-4)14-9-21/h6-15,18-19,27H,16-17H2,1-5H3,(H,30,32)(H,31,33). The fourth-order valence-electron chi connectivity index (χ4n) is 3.51. The molecule has 0 atom stereocenters. The quantitative estimate of drug-likeness (QED) is 0.336. The van der Waals surface area contributed by atoms with Gasteiger partial charge in [0.1, 0.15) is 17.7 Å². The lowest BCUT2D eigenvalue weighted by molar-refractivity contribution is 0.0883. The van der Waals surface area contributed by atoms with Crippen molar-refractivity contribution < 1.29 is 28.5 Å². The number of hydrogen-bond acceptors (Lipinski definition) is 6. The molecule has 0 aromatic heterocycles. The zero-order valence-electron chi connectivity index (χ0n) is 21.9. The molecule has 0 saturated carbocycles. The van der Waals surface area contributed by atoms with Crippen LogP contribution in [0.4, 0.5) is 0 Å². The van der Waals surface area contributed by atoms with Crippen LogP contribution in [0.15, 0.2) is 66.7 Å². The predicted molar refractivity (Wildman–Crippen MR) is 142 cm³/mol. The van der Waals surface area contributed by atoms with E-state index in [1.54, 1.807) is 88.1 Å². The Balaban J connectivity index is 1.89. The summed E-state index contributed by atoms with van der Waals surface area (Å²) in [6.45, 7) is 4.76. The van der Waals surface area contributed by atoms with Crippen molar-refractivity contribution in [3.05, 3.63) is 83.4 Å². The highest BCUT2D eigenvalue weighted by Crippen LogP contribution is 2.30. The fraction of sp³-hybridized carbons (Fsp3) is 0.310. The first kappa shape index (κ1) is 27.4. The van der Waals surface area contributed by atoms with Gasteiger partial charge in [0.15, 0.2) is 11.5 Å². The van der Waals surface area contributed by atoms with Gasteiger partial charge in [0.25, 0.3) is 11.8 Å². The molecule has 196 valence electrons. The van der Waals surface area contributed by atoms with Gasteiger partial charge in [0.2, 0.25) is 0 Å². The molecule has 0 unspecified atom stereocenters. The Hall–Kier alpha value is -4.20. The number of amides is 2. The van der Waals surface area contributed by atoms with Crippen LogP contribution < -0.4 is 29.6 Å². The minimum absolute atomic E-state index is 0.360. The monoisotopic (exact) mass is 506 g/mol. The summed E-state index contributed by atoms with van der Waals surface area (Å²) in [5, 5.41) is 5.83. The molecule has 3 rings (SSSR count). The smallest absolute Gasteiger partial charge is 0.253 e. The summed E-state index contributed by atoms with van der Waals surface area (Å²) in [7, 11) is 4.69. The predicted octanol–water partition coefficient (Wildman–Crippen LogP) is 5.00. The second-order valence-electron chi connectivity index (χ2n) is 8.78. The molecule has 0 aliphatic carbocycles. The molecule has 0 aliphatic rings. The molecular formula is C29H34N2O6. The average molecular weight is 507 g/mol. The number of benzene rings is 3. The Morgan fingerprint density at radius 2 is 1.22 bits per heavy atom. The van der Waals surface area contributed by atoms with Crippen molar-refractivity contribution in [3.63, 3.8) is 0 Å². The third kappa shape index (κ3) is 7.64. The van der Waals surface area contributed by atoms with E-state index in [1.807, 2.05) is 0 Å². The Morgan fingerprint density at radius 3 is 1.65 bits per heavy atom. The van der Waals surface area contributed by atoms with Crippen LogP contribution in [0.3, 0.4) is 0 Å². The van der Waals surface area contributed by atoms with Crippen LogP contribution >= 0.6 is 0 Å². The van der Waals surface area contributed by atoms with E-state index in [1.165, 1.54) is 0 Å². The number of nitrogens with one attached hydrogen (secondary N) is 2. The largest absolute Gasteiger partial charge is 0.497 e. The maximum absolute atomic E-state index is 13.1. The summed E-state index contributed by atoms with van der Waals surface area (Å²) in [5.74, 6) is 2.13. The third-order valence-electron chi connectivity index (χ3n) is 5.73. The van der Waals surface area contributed by atoms with Gasteiger partial charge in [0, 0.05) is 11.1 Å². The number of methoxy groups -OCH3 is 3. The molecule has 0 spiro atoms. The van der Waals surface area contributed by atoms with Crippen LogP contribution in [0.25, 0.3) is 0 Å². The second kappa shape index (κ2) is 13.2. The topological polar surface area (TPSA) is 95.1 Å². The lowest BCUT2D eigenvalue weighted by Gasteiger charge is -2.22. The molecule has 0 saturated heterocycles. The lowest BCUT2D eigenvalue weighted by atomic mass is 10.1. The first-order chi connectivity index (χ1) is 17.8. The van der Waals surface area contributed by atoms with Crippen molar-refractivity contribution in [3.8, 4) is 23.0 Å². The number of carbonyl (C=O) groups excluding carboxylic acids is 2. The van der Waals surface area contributed by atoms with Crippen LogP contribution in [0.2, 0.25) is 0 Å². The van der Waals surface area contributed by atoms with Crippen molar-refractivity contribution in [2.24, 2.45) is 5.92 Å². The summed E-state index contributed by atoms with van der Waals surface area (Å²) in [6, 6.07) is 18.7. The average Bonchev–Trinajstić information content (AvgIpc) is 2.92. The molecule has 0 fully saturated rings. The molecule has 8 nitrogen and oxygen atoms in total. The maximum Gasteiger partial charge on any atom is 0.253 e. The fourth-order valence-corrected chi connectivity index (χ4v) is 3.51. The van der Waals surface area contributed by atoms with Gasteiger partial charge in [-0.3, -0.25) is 9.59 Å². The molecule has 3 aromatic rings. The highest BCUT2D eigenvalue weighted by molar-refractivity contribution is 5.97. The molecule has 0 radical (unpaired) electrons. The Morgan fingerprint density at radius 1 is 0.703 bits per heavy atom. The van der Waals surface area contributed by atoms with Gasteiger partial charge in [-0.1, -0.05) is 19.9 Å². The highest BCUT2D eigenvalue weighted by Gasteiger charge is 2.21. The van der Waals surface area contributed by atoms with Crippen LogP contribution in [0.5, 0.6) is 23.0 Å². The molecular weight excluding hydrogens is 472 g/mol. The second-order valence-corrected chi connectivity index (χ2v) is 8.78. The number of hydrogen-bond donors (Lipinski definition) is 2. The summed E-state index contributed by atoms with van der Waals surface area (Å²) in [6.07, 6.45) is 0.0294. The third-order valence-corrected chi connectivity index (χ3v) is 5.73. The first-order valence-corrected chi connectivity index (χ1v) is 12.0. The molecule has 2 amide bonds. The summed E-state index contributed by atoms with van der Waals surface area (Å²) in [5.41, 5.74) is 1.47. The molecule has 0 heterocycles. The van der Waals surface area contributed by atoms with Crippen LogP contribution in [0.1, 0.15) is 52.7 Å². The van der Waals surface area contributed by atoms with Gasteiger partial charge >= 0.3 is 0 Å². The summed E-state index contributed by atoms with van der Waals surface area (Å²) < 4.78 is 21.8. The number of ether oxygens (including phenoxy) is 4. The van der Waals surface area contributed by atoms with Crippen molar-refractivity contribution in [2.45, 2.75) is 26.4 Å². The van der Waals surface area contributed by atoms with E-state index < -0.39 is 6.17 Å². The molecule has 2 N–H and O–H groups in total. The van der Waals surface area contributed by atoms with Crippen molar-refractivity contribution in [1.29, 1.82) is 0 Å². The van der Waals surface area contributed by atoms with Crippen LogP contribution in [-0.4, -0.2) is 39.8 Å². The van der Waals surface area contributed by atoms with E-state index in [0.29, 0.717) is 52.2 Å². The lowest BCUT2D eigenvalue weighted by Crippen LogP contribution is -2.41. The van der Waals surface area contributed by atoms with Crippen molar-refractivity contribution >= 4 is 11.8 Å². The molecule has 0 aliphatic heterocycles. The first-order valence-electron chi connectivity index (χ1n) is 12.0. The van der Waals surface area contributed by atoms with E-state index in [4.69, 9.17) is 18.9 Å². The molecule has 8 heteroatoms. The summed E-state index contributed by atoms with van der Waals surface area (Å²) in [4.78, 5) is 26.2. The maximum atomic E-state index is 13.1. The molecule has 37 heavy (non-hydrogen) atoms. The Kier molecular flexibility index (Phi) is 9.77. The van der Waals surface area contributed by atoms with E-state index in [0.717, 1.165) is 6.42 Å². The van der Waals surface area contributed by atoms with E-state index >= 15 is 0 Å². The van der Waals surface area contributed by atoms with E-state index in [9.17, 15) is 9.59 Å². The van der Waals surface area contributed by atoms with Gasteiger partial charge < -0.3 is 29.6 Å². The van der Waals surface area contributed by atoms with Gasteiger partial charge in [0.05, 0.1) is 27.9 Å². The number of rotatable bonds is 12. The van der Waals surface area contributed by atoms with Gasteiger partial charge in [-0.05, 0) is 78.6 Å². The van der Waals surface area contributed by atoms with E-state index in [2.05, 4.69) is 24.5 Å². The van der Waals surface area contributed by atoms with Gasteiger partial charge in [-0.2, -0.15) is 0 Å². The van der Waals surface area contributed by atoms with Crippen molar-refractivity contribution in [1.82, 2.24) is 10.6 Å². The molecule has 0 bridgehead atoms. The van der Waals surface area contributed by atoms with Crippen molar-refractivity contribution in [2.75, 3.05) is 27.9 Å². The SMILES string of the molecule is COc1ccc(C(=O)NC(NC(=O)c2ccc(OC)cc2)c2ccc(OC)c(OCCC(C)C)c2)cc1. The Labute approximate surface area is 217 Å². The minimum Gasteiger partial charge on any atom is -0.497 e. The van der Waals surface area contributed by atoms with Gasteiger partial charge in [-0.25, -0.2) is 0 Å². The highest BCUT2D eigenvalue weighted by atomic mass is 16.5. The zero-order valence-corrected chi connectivity index (χ0v) is 21.9. The van der Waals surface area contributed by atoms with Crippen LogP contribution in [-0.2, 0) is 0 Å². The van der Waals surface area contributed by atoms with Crippen LogP contribution in [0, 0.1) is 5.92 Å². The zero-order chi connectivity index (χ0) is 26.8. The van der Waals surface area contributed by atoms with Gasteiger partial charge in [-0.15, -0.1) is 0 Å². The number of carbonyl (C=O) groups is 2. The van der Waals surface area contributed by atoms with E-state index in [-0.39, 0.29) is 11.8 Å². The summed E-state index contributed by atoms with van der Waals surface area (Å²) >= 11 is 0.